The Morgan fingerprint density at radius 2 is 2.13 bits per heavy atom. The molecule has 7 heteroatoms. The number of aromatic nitrogens is 2. The minimum atomic E-state index is -0.567. The molecule has 2 fully saturated rings. The van der Waals surface area contributed by atoms with E-state index in [0.717, 1.165) is 19.3 Å². The van der Waals surface area contributed by atoms with E-state index in [2.05, 4.69) is 10.3 Å². The molecule has 0 aromatic carbocycles. The maximum absolute atomic E-state index is 12.2. The lowest BCUT2D eigenvalue weighted by Crippen LogP contribution is -2.41. The number of nitrogens with zero attached hydrogens (tertiary/aromatic N) is 1. The number of aromatic amines is 1. The van der Waals surface area contributed by atoms with Crippen LogP contribution in [0.15, 0.2) is 15.8 Å². The van der Waals surface area contributed by atoms with Crippen LogP contribution < -0.4 is 16.6 Å². The van der Waals surface area contributed by atoms with Gasteiger partial charge in [-0.2, -0.15) is 0 Å². The van der Waals surface area contributed by atoms with Crippen molar-refractivity contribution < 1.29 is 9.53 Å². The predicted molar refractivity (Wildman–Crippen MR) is 84.4 cm³/mol. The number of aryl methyl sites for hydroxylation is 1. The smallest absolute Gasteiger partial charge is 0.328 e. The van der Waals surface area contributed by atoms with Crippen molar-refractivity contribution in [2.24, 2.45) is 0 Å². The van der Waals surface area contributed by atoms with Crippen LogP contribution >= 0.6 is 0 Å². The summed E-state index contributed by atoms with van der Waals surface area (Å²) in [6.07, 6.45) is 8.03. The lowest BCUT2D eigenvalue weighted by molar-refractivity contribution is -0.122. The van der Waals surface area contributed by atoms with Gasteiger partial charge in [0, 0.05) is 11.8 Å². The van der Waals surface area contributed by atoms with Crippen LogP contribution in [-0.2, 0) is 16.1 Å². The fourth-order valence-electron chi connectivity index (χ4n) is 3.65. The molecule has 1 aromatic heterocycles. The second kappa shape index (κ2) is 6.31. The summed E-state index contributed by atoms with van der Waals surface area (Å²) in [5, 5.41) is 2.94. The molecule has 1 aliphatic carbocycles. The fraction of sp³-hybridized carbons (Fsp3) is 0.688. The summed E-state index contributed by atoms with van der Waals surface area (Å²) in [7, 11) is 0. The van der Waals surface area contributed by atoms with Gasteiger partial charge in [-0.1, -0.05) is 19.3 Å². The second-order valence-corrected chi connectivity index (χ2v) is 6.72. The molecular weight excluding hydrogens is 298 g/mol. The first-order valence-electron chi connectivity index (χ1n) is 8.21. The number of nitrogens with one attached hydrogen (secondary N) is 2. The van der Waals surface area contributed by atoms with Crippen LogP contribution in [0.25, 0.3) is 0 Å². The number of carbonyl (C=O) groups excluding carboxylic acids is 1. The van der Waals surface area contributed by atoms with Crippen LogP contribution in [0.4, 0.5) is 0 Å². The molecule has 0 radical (unpaired) electrons. The highest BCUT2D eigenvalue weighted by Gasteiger charge is 2.41. The Balaban J connectivity index is 1.59. The predicted octanol–water partition coefficient (Wildman–Crippen LogP) is 0.453. The van der Waals surface area contributed by atoms with Gasteiger partial charge >= 0.3 is 5.69 Å². The maximum atomic E-state index is 12.2. The standard InChI is InChI=1S/C16H23N3O4/c1-11-8-19(15(22)18-14(11)21)9-13(20)17-12-7-16(23-10-12)5-3-2-4-6-16/h8,12H,2-7,9-10H2,1H3,(H,17,20)(H,18,21,22). The molecule has 1 aliphatic heterocycles. The summed E-state index contributed by atoms with van der Waals surface area (Å²) >= 11 is 0. The highest BCUT2D eigenvalue weighted by atomic mass is 16.5. The third kappa shape index (κ3) is 3.55. The molecule has 126 valence electrons. The lowest BCUT2D eigenvalue weighted by Gasteiger charge is -2.32. The summed E-state index contributed by atoms with van der Waals surface area (Å²) < 4.78 is 7.19. The summed E-state index contributed by atoms with van der Waals surface area (Å²) in [5.74, 6) is -0.236. The molecule has 1 aromatic rings. The first kappa shape index (κ1) is 16.0. The SMILES string of the molecule is Cc1cn(CC(=O)NC2COC3(CCCCC3)C2)c(=O)[nH]c1=O. The maximum Gasteiger partial charge on any atom is 0.328 e. The molecule has 2 aliphatic rings. The van der Waals surface area contributed by atoms with E-state index in [4.69, 9.17) is 4.74 Å². The zero-order valence-electron chi connectivity index (χ0n) is 13.4. The molecule has 1 spiro atoms. The molecule has 1 amide bonds. The molecule has 3 rings (SSSR count). The quantitative estimate of drug-likeness (QED) is 0.845. The largest absolute Gasteiger partial charge is 0.373 e. The topological polar surface area (TPSA) is 93.2 Å². The van der Waals surface area contributed by atoms with E-state index in [9.17, 15) is 14.4 Å². The molecule has 23 heavy (non-hydrogen) atoms. The lowest BCUT2D eigenvalue weighted by atomic mass is 9.82. The average Bonchev–Trinajstić information content (AvgIpc) is 2.87. The number of amides is 1. The zero-order valence-corrected chi connectivity index (χ0v) is 13.4. The Bertz CT molecular complexity index is 700. The Kier molecular flexibility index (Phi) is 4.39. The monoisotopic (exact) mass is 321 g/mol. The van der Waals surface area contributed by atoms with Gasteiger partial charge in [-0.3, -0.25) is 19.1 Å². The highest BCUT2D eigenvalue weighted by Crippen LogP contribution is 2.39. The summed E-state index contributed by atoms with van der Waals surface area (Å²) in [6, 6.07) is 0.000148. The molecule has 1 atom stereocenters. The summed E-state index contributed by atoms with van der Waals surface area (Å²) in [6.45, 7) is 2.04. The van der Waals surface area contributed by atoms with Gasteiger partial charge in [0.1, 0.15) is 6.54 Å². The van der Waals surface area contributed by atoms with E-state index >= 15 is 0 Å². The third-order valence-electron chi connectivity index (χ3n) is 4.84. The van der Waals surface area contributed by atoms with Crippen LogP contribution in [-0.4, -0.2) is 33.7 Å². The number of rotatable bonds is 3. The molecule has 1 saturated heterocycles. The van der Waals surface area contributed by atoms with Gasteiger partial charge in [0.25, 0.3) is 5.56 Å². The molecule has 1 saturated carbocycles. The van der Waals surface area contributed by atoms with Gasteiger partial charge in [0.05, 0.1) is 18.2 Å². The second-order valence-electron chi connectivity index (χ2n) is 6.72. The summed E-state index contributed by atoms with van der Waals surface area (Å²) in [5.41, 5.74) is -0.637. The van der Waals surface area contributed by atoms with Gasteiger partial charge in [0.15, 0.2) is 0 Å². The van der Waals surface area contributed by atoms with Gasteiger partial charge in [-0.15, -0.1) is 0 Å². The minimum Gasteiger partial charge on any atom is -0.373 e. The zero-order chi connectivity index (χ0) is 16.4. The number of H-pyrrole nitrogens is 1. The van der Waals surface area contributed by atoms with E-state index in [-0.39, 0.29) is 24.1 Å². The normalized spacial score (nSPS) is 23.1. The minimum absolute atomic E-state index is 0.000148. The van der Waals surface area contributed by atoms with Crippen LogP contribution in [0.1, 0.15) is 44.1 Å². The van der Waals surface area contributed by atoms with E-state index in [1.807, 2.05) is 0 Å². The van der Waals surface area contributed by atoms with Crippen molar-refractivity contribution in [3.05, 3.63) is 32.6 Å². The Morgan fingerprint density at radius 1 is 1.39 bits per heavy atom. The van der Waals surface area contributed by atoms with Crippen molar-refractivity contribution >= 4 is 5.91 Å². The highest BCUT2D eigenvalue weighted by molar-refractivity contribution is 5.76. The van der Waals surface area contributed by atoms with Crippen molar-refractivity contribution in [2.75, 3.05) is 6.61 Å². The van der Waals surface area contributed by atoms with Gasteiger partial charge in [-0.25, -0.2) is 4.79 Å². The van der Waals surface area contributed by atoms with Crippen LogP contribution in [0.3, 0.4) is 0 Å². The van der Waals surface area contributed by atoms with E-state index in [0.29, 0.717) is 12.2 Å². The van der Waals surface area contributed by atoms with Gasteiger partial charge in [-0.05, 0) is 26.2 Å². The molecule has 7 nitrogen and oxygen atoms in total. The van der Waals surface area contributed by atoms with Crippen molar-refractivity contribution in [2.45, 2.75) is 63.6 Å². The Morgan fingerprint density at radius 3 is 2.87 bits per heavy atom. The van der Waals surface area contributed by atoms with Gasteiger partial charge in [0.2, 0.25) is 5.91 Å². The van der Waals surface area contributed by atoms with Crippen LogP contribution in [0.2, 0.25) is 0 Å². The van der Waals surface area contributed by atoms with Crippen molar-refractivity contribution in [3.8, 4) is 0 Å². The number of hydrogen-bond donors (Lipinski definition) is 2. The molecule has 1 unspecified atom stereocenters. The van der Waals surface area contributed by atoms with E-state index in [1.165, 1.54) is 30.0 Å². The number of carbonyl (C=O) groups is 1. The Labute approximate surface area is 134 Å². The van der Waals surface area contributed by atoms with Crippen molar-refractivity contribution in [1.82, 2.24) is 14.9 Å². The van der Waals surface area contributed by atoms with E-state index < -0.39 is 11.2 Å². The number of ether oxygens (including phenoxy) is 1. The molecule has 2 heterocycles. The third-order valence-corrected chi connectivity index (χ3v) is 4.84. The van der Waals surface area contributed by atoms with Crippen molar-refractivity contribution in [1.29, 1.82) is 0 Å². The number of hydrogen-bond acceptors (Lipinski definition) is 4. The first-order valence-corrected chi connectivity index (χ1v) is 8.21. The van der Waals surface area contributed by atoms with Crippen LogP contribution in [0, 0.1) is 6.92 Å². The summed E-state index contributed by atoms with van der Waals surface area (Å²) in [4.78, 5) is 37.4. The molecule has 2 N–H and O–H groups in total. The Hall–Kier alpha value is -1.89. The molecule has 0 bridgehead atoms. The fourth-order valence-corrected chi connectivity index (χ4v) is 3.65. The molecular formula is C16H23N3O4. The average molecular weight is 321 g/mol. The van der Waals surface area contributed by atoms with Crippen LogP contribution in [0.5, 0.6) is 0 Å². The van der Waals surface area contributed by atoms with Gasteiger partial charge < -0.3 is 10.1 Å². The first-order chi connectivity index (χ1) is 11.0. The van der Waals surface area contributed by atoms with E-state index in [1.54, 1.807) is 6.92 Å². The van der Waals surface area contributed by atoms with Crippen molar-refractivity contribution in [3.63, 3.8) is 0 Å².